The van der Waals surface area contributed by atoms with E-state index < -0.39 is 17.8 Å². The molecule has 0 aliphatic heterocycles. The maximum atomic E-state index is 12.8. The minimum Gasteiger partial charge on any atom is -0.484 e. The number of esters is 2. The van der Waals surface area contributed by atoms with E-state index in [0.29, 0.717) is 27.3 Å². The van der Waals surface area contributed by atoms with Crippen LogP contribution in [0.15, 0.2) is 96.1 Å². The number of benzene rings is 4. The van der Waals surface area contributed by atoms with Gasteiger partial charge in [0.1, 0.15) is 17.2 Å². The second-order valence-corrected chi connectivity index (χ2v) is 10.2. The number of nitrogens with one attached hydrogen (secondary N) is 1. The summed E-state index contributed by atoms with van der Waals surface area (Å²) in [5.41, 5.74) is 4.40. The van der Waals surface area contributed by atoms with Gasteiger partial charge >= 0.3 is 11.9 Å². The summed E-state index contributed by atoms with van der Waals surface area (Å²) < 4.78 is 16.6. The van der Waals surface area contributed by atoms with Crippen LogP contribution < -0.4 is 19.6 Å². The van der Waals surface area contributed by atoms with Crippen LogP contribution in [0.5, 0.6) is 17.2 Å². The zero-order chi connectivity index (χ0) is 30.1. The molecule has 0 aliphatic rings. The number of amides is 1. The minimum atomic E-state index is -0.677. The third kappa shape index (κ3) is 8.67. The first-order valence-electron chi connectivity index (χ1n) is 12.8. The predicted octanol–water partition coefficient (Wildman–Crippen LogP) is 7.08. The first kappa shape index (κ1) is 30.3. The van der Waals surface area contributed by atoms with Crippen molar-refractivity contribution >= 4 is 47.3 Å². The molecule has 0 spiro atoms. The van der Waals surface area contributed by atoms with Gasteiger partial charge in [0.25, 0.3) is 5.91 Å². The van der Waals surface area contributed by atoms with E-state index in [1.807, 2.05) is 12.1 Å². The van der Waals surface area contributed by atoms with E-state index in [9.17, 15) is 14.4 Å². The Kier molecular flexibility index (Phi) is 10.3. The Bertz CT molecular complexity index is 1590. The highest BCUT2D eigenvalue weighted by Crippen LogP contribution is 2.26. The highest BCUT2D eigenvalue weighted by molar-refractivity contribution is 6.31. The van der Waals surface area contributed by atoms with Gasteiger partial charge in [0.15, 0.2) is 6.61 Å². The van der Waals surface area contributed by atoms with Crippen LogP contribution in [0.2, 0.25) is 10.0 Å². The van der Waals surface area contributed by atoms with E-state index in [1.165, 1.54) is 48.7 Å². The molecule has 0 bridgehead atoms. The lowest BCUT2D eigenvalue weighted by molar-refractivity contribution is -0.123. The number of hydrazone groups is 1. The van der Waals surface area contributed by atoms with Gasteiger partial charge in [-0.3, -0.25) is 4.79 Å². The standard InChI is InChI=1S/C32H26Cl2N2O6/c1-20(2)21-7-14-27(15-8-21)40-19-30(37)36-35-18-24-9-16-28(41-31(38)22-3-10-25(33)11-4-22)17-29(24)42-32(39)23-5-12-26(34)13-6-23/h3-18,20H,19H2,1-2H3,(H,36,37). The smallest absolute Gasteiger partial charge is 0.343 e. The predicted molar refractivity (Wildman–Crippen MR) is 161 cm³/mol. The number of ether oxygens (including phenoxy) is 3. The summed E-state index contributed by atoms with van der Waals surface area (Å²) in [4.78, 5) is 37.7. The quantitative estimate of drug-likeness (QED) is 0.0897. The van der Waals surface area contributed by atoms with Crippen LogP contribution in [0.3, 0.4) is 0 Å². The molecule has 1 N–H and O–H groups in total. The number of hydrogen-bond acceptors (Lipinski definition) is 7. The molecule has 0 atom stereocenters. The number of carbonyl (C=O) groups is 3. The maximum Gasteiger partial charge on any atom is 0.343 e. The van der Waals surface area contributed by atoms with Gasteiger partial charge in [0.05, 0.1) is 17.3 Å². The third-order valence-electron chi connectivity index (χ3n) is 5.87. The highest BCUT2D eigenvalue weighted by Gasteiger charge is 2.15. The summed E-state index contributed by atoms with van der Waals surface area (Å²) in [6.07, 6.45) is 1.30. The molecule has 0 aromatic heterocycles. The van der Waals surface area contributed by atoms with E-state index in [4.69, 9.17) is 37.4 Å². The van der Waals surface area contributed by atoms with E-state index in [1.54, 1.807) is 36.4 Å². The second kappa shape index (κ2) is 14.3. The van der Waals surface area contributed by atoms with Gasteiger partial charge in [-0.1, -0.05) is 49.2 Å². The fourth-order valence-corrected chi connectivity index (χ4v) is 3.83. The Hall–Kier alpha value is -4.66. The lowest BCUT2D eigenvalue weighted by Gasteiger charge is -2.11. The van der Waals surface area contributed by atoms with Gasteiger partial charge in [-0.25, -0.2) is 15.0 Å². The third-order valence-corrected chi connectivity index (χ3v) is 6.37. The maximum absolute atomic E-state index is 12.8. The number of halogens is 2. The number of carbonyl (C=O) groups excluding carboxylic acids is 3. The van der Waals surface area contributed by atoms with E-state index in [2.05, 4.69) is 24.4 Å². The normalized spacial score (nSPS) is 10.9. The summed E-state index contributed by atoms with van der Waals surface area (Å²) in [5.74, 6) is -0.705. The molecular formula is C32H26Cl2N2O6. The van der Waals surface area contributed by atoms with Crippen molar-refractivity contribution in [1.82, 2.24) is 5.43 Å². The largest absolute Gasteiger partial charge is 0.484 e. The zero-order valence-corrected chi connectivity index (χ0v) is 24.2. The fraction of sp³-hybridized carbons (Fsp3) is 0.125. The van der Waals surface area contributed by atoms with E-state index in [-0.39, 0.29) is 29.2 Å². The summed E-state index contributed by atoms with van der Waals surface area (Å²) in [7, 11) is 0. The van der Waals surface area contributed by atoms with Crippen LogP contribution in [-0.2, 0) is 4.79 Å². The molecule has 0 fully saturated rings. The summed E-state index contributed by atoms with van der Waals surface area (Å²) >= 11 is 11.8. The van der Waals surface area contributed by atoms with Crippen molar-refractivity contribution < 1.29 is 28.6 Å². The number of nitrogens with zero attached hydrogens (tertiary/aromatic N) is 1. The Labute approximate surface area is 252 Å². The van der Waals surface area contributed by atoms with Crippen molar-refractivity contribution in [2.75, 3.05) is 6.61 Å². The Morgan fingerprint density at radius 1 is 0.762 bits per heavy atom. The monoisotopic (exact) mass is 604 g/mol. The van der Waals surface area contributed by atoms with Crippen molar-refractivity contribution in [3.63, 3.8) is 0 Å². The van der Waals surface area contributed by atoms with Crippen molar-refractivity contribution in [2.45, 2.75) is 19.8 Å². The number of hydrogen-bond donors (Lipinski definition) is 1. The van der Waals surface area contributed by atoms with Gasteiger partial charge in [0.2, 0.25) is 0 Å². The van der Waals surface area contributed by atoms with Crippen LogP contribution in [0.1, 0.15) is 51.6 Å². The van der Waals surface area contributed by atoms with Crippen LogP contribution >= 0.6 is 23.2 Å². The van der Waals surface area contributed by atoms with Crippen LogP contribution in [0.4, 0.5) is 0 Å². The highest BCUT2D eigenvalue weighted by atomic mass is 35.5. The molecule has 214 valence electrons. The molecular weight excluding hydrogens is 579 g/mol. The summed E-state index contributed by atoms with van der Waals surface area (Å²) in [5, 5.41) is 4.89. The lowest BCUT2D eigenvalue weighted by Crippen LogP contribution is -2.24. The van der Waals surface area contributed by atoms with Crippen molar-refractivity contribution in [1.29, 1.82) is 0 Å². The second-order valence-electron chi connectivity index (χ2n) is 9.30. The molecule has 0 unspecified atom stereocenters. The Morgan fingerprint density at radius 2 is 1.31 bits per heavy atom. The lowest BCUT2D eigenvalue weighted by atomic mass is 10.0. The van der Waals surface area contributed by atoms with Gasteiger partial charge in [-0.15, -0.1) is 0 Å². The number of rotatable bonds is 10. The molecule has 4 rings (SSSR count). The van der Waals surface area contributed by atoms with Crippen LogP contribution in [0, 0.1) is 0 Å². The average molecular weight is 605 g/mol. The Morgan fingerprint density at radius 3 is 1.88 bits per heavy atom. The van der Waals surface area contributed by atoms with Crippen LogP contribution in [0.25, 0.3) is 0 Å². The van der Waals surface area contributed by atoms with Gasteiger partial charge in [-0.2, -0.15) is 5.10 Å². The molecule has 1 amide bonds. The molecule has 8 nitrogen and oxygen atoms in total. The van der Waals surface area contributed by atoms with Crippen LogP contribution in [-0.4, -0.2) is 30.7 Å². The molecule has 4 aromatic carbocycles. The molecule has 0 aliphatic carbocycles. The molecule has 0 saturated carbocycles. The molecule has 42 heavy (non-hydrogen) atoms. The van der Waals surface area contributed by atoms with Gasteiger partial charge < -0.3 is 14.2 Å². The molecule has 0 radical (unpaired) electrons. The minimum absolute atomic E-state index is 0.0378. The average Bonchev–Trinajstić information content (AvgIpc) is 2.98. The summed E-state index contributed by atoms with van der Waals surface area (Å²) in [6, 6.07) is 24.2. The van der Waals surface area contributed by atoms with Crippen molar-refractivity contribution in [3.05, 3.63) is 123 Å². The first-order chi connectivity index (χ1) is 20.2. The van der Waals surface area contributed by atoms with Gasteiger partial charge in [0, 0.05) is 21.7 Å². The van der Waals surface area contributed by atoms with E-state index in [0.717, 1.165) is 5.56 Å². The Balaban J connectivity index is 1.46. The molecule has 0 saturated heterocycles. The summed E-state index contributed by atoms with van der Waals surface area (Å²) in [6.45, 7) is 3.93. The van der Waals surface area contributed by atoms with Gasteiger partial charge in [-0.05, 0) is 84.3 Å². The first-order valence-corrected chi connectivity index (χ1v) is 13.6. The molecule has 10 heteroatoms. The SMILES string of the molecule is CC(C)c1ccc(OCC(=O)NN=Cc2ccc(OC(=O)c3ccc(Cl)cc3)cc2OC(=O)c2ccc(Cl)cc2)cc1. The molecule has 4 aromatic rings. The molecule has 0 heterocycles. The van der Waals surface area contributed by atoms with Crippen molar-refractivity contribution in [3.8, 4) is 17.2 Å². The fourth-order valence-electron chi connectivity index (χ4n) is 3.57. The van der Waals surface area contributed by atoms with E-state index >= 15 is 0 Å². The van der Waals surface area contributed by atoms with Crippen molar-refractivity contribution in [2.24, 2.45) is 5.10 Å². The topological polar surface area (TPSA) is 103 Å². The zero-order valence-electron chi connectivity index (χ0n) is 22.7.